The summed E-state index contributed by atoms with van der Waals surface area (Å²) in [7, 11) is 0. The third-order valence-corrected chi connectivity index (χ3v) is 4.36. The van der Waals surface area contributed by atoms with Crippen molar-refractivity contribution in [1.82, 2.24) is 5.32 Å². The van der Waals surface area contributed by atoms with E-state index in [-0.39, 0.29) is 29.9 Å². The van der Waals surface area contributed by atoms with Crippen LogP contribution in [0.1, 0.15) is 49.9 Å². The third kappa shape index (κ3) is 4.94. The fourth-order valence-electron chi connectivity index (χ4n) is 2.55. The van der Waals surface area contributed by atoms with E-state index in [2.05, 4.69) is 10.6 Å². The number of rotatable bonds is 4. The SMILES string of the molecule is CC(C)C(=O)Nc1ccc(Cl)c(C(=O)NC2CCC(O)CC2)c1. The van der Waals surface area contributed by atoms with Crippen LogP contribution in [0.4, 0.5) is 5.69 Å². The van der Waals surface area contributed by atoms with Crippen LogP contribution in [0.2, 0.25) is 5.02 Å². The van der Waals surface area contributed by atoms with Gasteiger partial charge in [-0.2, -0.15) is 0 Å². The Morgan fingerprint density at radius 1 is 1.22 bits per heavy atom. The predicted octanol–water partition coefficient (Wildman–Crippen LogP) is 2.97. The first kappa shape index (κ1) is 17.8. The molecule has 6 heteroatoms. The molecule has 1 saturated carbocycles. The molecule has 1 aromatic carbocycles. The maximum atomic E-state index is 12.4. The highest BCUT2D eigenvalue weighted by molar-refractivity contribution is 6.34. The van der Waals surface area contributed by atoms with E-state index in [0.29, 0.717) is 29.1 Å². The van der Waals surface area contributed by atoms with Crippen molar-refractivity contribution in [2.45, 2.75) is 51.7 Å². The van der Waals surface area contributed by atoms with Crippen LogP contribution >= 0.6 is 11.6 Å². The predicted molar refractivity (Wildman–Crippen MR) is 90.6 cm³/mol. The van der Waals surface area contributed by atoms with Crippen LogP contribution in [0, 0.1) is 5.92 Å². The summed E-state index contributed by atoms with van der Waals surface area (Å²) in [4.78, 5) is 24.2. The minimum atomic E-state index is -0.263. The fraction of sp³-hybridized carbons (Fsp3) is 0.529. The van der Waals surface area contributed by atoms with Crippen molar-refractivity contribution in [3.63, 3.8) is 0 Å². The van der Waals surface area contributed by atoms with E-state index >= 15 is 0 Å². The molecule has 1 aliphatic carbocycles. The number of anilines is 1. The Balaban J connectivity index is 2.05. The number of halogens is 1. The molecule has 2 amide bonds. The van der Waals surface area contributed by atoms with Gasteiger partial charge in [-0.25, -0.2) is 0 Å². The Hall–Kier alpha value is -1.59. The third-order valence-electron chi connectivity index (χ3n) is 4.03. The Morgan fingerprint density at radius 3 is 2.48 bits per heavy atom. The van der Waals surface area contributed by atoms with Crippen molar-refractivity contribution in [1.29, 1.82) is 0 Å². The Kier molecular flexibility index (Phi) is 6.02. The van der Waals surface area contributed by atoms with E-state index in [4.69, 9.17) is 11.6 Å². The van der Waals surface area contributed by atoms with Crippen LogP contribution in [0.5, 0.6) is 0 Å². The Morgan fingerprint density at radius 2 is 1.87 bits per heavy atom. The molecule has 2 rings (SSSR count). The van der Waals surface area contributed by atoms with Gasteiger partial charge in [0, 0.05) is 17.6 Å². The zero-order chi connectivity index (χ0) is 17.0. The quantitative estimate of drug-likeness (QED) is 0.789. The number of carbonyl (C=O) groups excluding carboxylic acids is 2. The smallest absolute Gasteiger partial charge is 0.253 e. The fourth-order valence-corrected chi connectivity index (χ4v) is 2.75. The first-order valence-electron chi connectivity index (χ1n) is 7.96. The van der Waals surface area contributed by atoms with Crippen LogP contribution in [0.25, 0.3) is 0 Å². The van der Waals surface area contributed by atoms with Gasteiger partial charge in [-0.3, -0.25) is 9.59 Å². The molecule has 0 heterocycles. The van der Waals surface area contributed by atoms with Crippen LogP contribution in [0.3, 0.4) is 0 Å². The van der Waals surface area contributed by atoms with E-state index < -0.39 is 0 Å². The van der Waals surface area contributed by atoms with Crippen molar-refractivity contribution in [2.24, 2.45) is 5.92 Å². The summed E-state index contributed by atoms with van der Waals surface area (Å²) in [6, 6.07) is 4.93. The van der Waals surface area contributed by atoms with E-state index in [9.17, 15) is 14.7 Å². The number of hydrogen-bond acceptors (Lipinski definition) is 3. The summed E-state index contributed by atoms with van der Waals surface area (Å²) < 4.78 is 0. The van der Waals surface area contributed by atoms with Gasteiger partial charge in [0.05, 0.1) is 16.7 Å². The lowest BCUT2D eigenvalue weighted by Crippen LogP contribution is -2.38. The molecule has 5 nitrogen and oxygen atoms in total. The Labute approximate surface area is 141 Å². The lowest BCUT2D eigenvalue weighted by Gasteiger charge is -2.26. The standard InChI is InChI=1S/C17H23ClN2O3/c1-10(2)16(22)20-12-5-8-15(18)14(9-12)17(23)19-11-3-6-13(21)7-4-11/h5,8-11,13,21H,3-4,6-7H2,1-2H3,(H,19,23)(H,20,22). The summed E-state index contributed by atoms with van der Waals surface area (Å²) in [5.74, 6) is -0.506. The molecular formula is C17H23ClN2O3. The number of hydrogen-bond donors (Lipinski definition) is 3. The zero-order valence-electron chi connectivity index (χ0n) is 13.4. The molecule has 0 bridgehead atoms. The molecule has 1 fully saturated rings. The van der Waals surface area contributed by atoms with E-state index in [0.717, 1.165) is 12.8 Å². The van der Waals surface area contributed by atoms with Gasteiger partial charge in [-0.1, -0.05) is 25.4 Å². The van der Waals surface area contributed by atoms with Crippen LogP contribution < -0.4 is 10.6 Å². The van der Waals surface area contributed by atoms with Gasteiger partial charge in [0.25, 0.3) is 5.91 Å². The molecule has 1 aliphatic rings. The van der Waals surface area contributed by atoms with Gasteiger partial charge < -0.3 is 15.7 Å². The first-order valence-corrected chi connectivity index (χ1v) is 8.34. The molecule has 126 valence electrons. The monoisotopic (exact) mass is 338 g/mol. The van der Waals surface area contributed by atoms with Gasteiger partial charge in [-0.05, 0) is 43.9 Å². The molecule has 0 unspecified atom stereocenters. The second kappa shape index (κ2) is 7.79. The molecule has 0 saturated heterocycles. The maximum Gasteiger partial charge on any atom is 0.253 e. The minimum Gasteiger partial charge on any atom is -0.393 e. The van der Waals surface area contributed by atoms with Crippen molar-refractivity contribution < 1.29 is 14.7 Å². The van der Waals surface area contributed by atoms with Crippen LogP contribution in [-0.2, 0) is 4.79 Å². The Bertz CT molecular complexity index is 581. The summed E-state index contributed by atoms with van der Waals surface area (Å²) in [6.07, 6.45) is 2.65. The zero-order valence-corrected chi connectivity index (χ0v) is 14.2. The molecule has 23 heavy (non-hydrogen) atoms. The average Bonchev–Trinajstić information content (AvgIpc) is 2.51. The van der Waals surface area contributed by atoms with Crippen LogP contribution in [-0.4, -0.2) is 29.1 Å². The highest BCUT2D eigenvalue weighted by atomic mass is 35.5. The van der Waals surface area contributed by atoms with Gasteiger partial charge in [0.2, 0.25) is 5.91 Å². The largest absolute Gasteiger partial charge is 0.393 e. The number of benzene rings is 1. The van der Waals surface area contributed by atoms with E-state index in [1.165, 1.54) is 0 Å². The van der Waals surface area contributed by atoms with E-state index in [1.807, 2.05) is 0 Å². The highest BCUT2D eigenvalue weighted by Crippen LogP contribution is 2.23. The molecule has 0 aromatic heterocycles. The minimum absolute atomic E-state index is 0.0517. The molecule has 0 spiro atoms. The molecular weight excluding hydrogens is 316 g/mol. The van der Waals surface area contributed by atoms with E-state index in [1.54, 1.807) is 32.0 Å². The number of aliphatic hydroxyl groups is 1. The van der Waals surface area contributed by atoms with Gasteiger partial charge in [0.1, 0.15) is 0 Å². The molecule has 3 N–H and O–H groups in total. The summed E-state index contributed by atoms with van der Waals surface area (Å²) in [6.45, 7) is 3.60. The number of nitrogens with one attached hydrogen (secondary N) is 2. The lowest BCUT2D eigenvalue weighted by atomic mass is 9.93. The van der Waals surface area contributed by atoms with Gasteiger partial charge >= 0.3 is 0 Å². The number of carbonyl (C=O) groups is 2. The molecule has 0 aliphatic heterocycles. The normalized spacial score (nSPS) is 21.1. The maximum absolute atomic E-state index is 12.4. The van der Waals surface area contributed by atoms with Crippen molar-refractivity contribution >= 4 is 29.1 Å². The highest BCUT2D eigenvalue weighted by Gasteiger charge is 2.22. The molecule has 1 aromatic rings. The second-order valence-corrected chi connectivity index (χ2v) is 6.72. The number of aliphatic hydroxyl groups excluding tert-OH is 1. The van der Waals surface area contributed by atoms with Crippen molar-refractivity contribution in [2.75, 3.05) is 5.32 Å². The van der Waals surface area contributed by atoms with Crippen molar-refractivity contribution in [3.05, 3.63) is 28.8 Å². The van der Waals surface area contributed by atoms with Crippen molar-refractivity contribution in [3.8, 4) is 0 Å². The summed E-state index contributed by atoms with van der Waals surface area (Å²) in [5.41, 5.74) is 0.900. The van der Waals surface area contributed by atoms with Gasteiger partial charge in [0.15, 0.2) is 0 Å². The number of amides is 2. The molecule has 0 atom stereocenters. The second-order valence-electron chi connectivity index (χ2n) is 6.32. The summed E-state index contributed by atoms with van der Waals surface area (Å²) >= 11 is 6.12. The van der Waals surface area contributed by atoms with Gasteiger partial charge in [-0.15, -0.1) is 0 Å². The average molecular weight is 339 g/mol. The first-order chi connectivity index (χ1) is 10.9. The summed E-state index contributed by atoms with van der Waals surface area (Å²) in [5, 5.41) is 15.6. The topological polar surface area (TPSA) is 78.4 Å². The molecule has 0 radical (unpaired) electrons. The van der Waals surface area contributed by atoms with Crippen LogP contribution in [0.15, 0.2) is 18.2 Å². The lowest BCUT2D eigenvalue weighted by molar-refractivity contribution is -0.118.